The molecule has 1 atom stereocenters. The van der Waals surface area contributed by atoms with Crippen LogP contribution in [0, 0.1) is 13.8 Å². The summed E-state index contributed by atoms with van der Waals surface area (Å²) in [4.78, 5) is 16.7. The quantitative estimate of drug-likeness (QED) is 0.714. The fraction of sp³-hybridized carbons (Fsp3) is 0.222. The summed E-state index contributed by atoms with van der Waals surface area (Å²) in [6.07, 6.45) is -0.624. The lowest BCUT2D eigenvalue weighted by Gasteiger charge is -2.16. The Bertz CT molecular complexity index is 907. The molecule has 4 nitrogen and oxygen atoms in total. The summed E-state index contributed by atoms with van der Waals surface area (Å²) in [7, 11) is 0. The maximum absolute atomic E-state index is 12.4. The van der Waals surface area contributed by atoms with Crippen molar-refractivity contribution in [1.82, 2.24) is 4.98 Å². The highest BCUT2D eigenvalue weighted by atomic mass is 35.5. The summed E-state index contributed by atoms with van der Waals surface area (Å²) in [5.41, 5.74) is 2.97. The fourth-order valence-corrected chi connectivity index (χ4v) is 3.40. The van der Waals surface area contributed by atoms with Gasteiger partial charge in [0, 0.05) is 5.02 Å². The van der Waals surface area contributed by atoms with E-state index < -0.39 is 6.10 Å². The molecule has 2 aromatic carbocycles. The minimum Gasteiger partial charge on any atom is -0.481 e. The second-order valence-corrected chi connectivity index (χ2v) is 7.05. The van der Waals surface area contributed by atoms with Crippen LogP contribution in [0.1, 0.15) is 18.1 Å². The van der Waals surface area contributed by atoms with Crippen LogP contribution in [-0.2, 0) is 4.79 Å². The largest absolute Gasteiger partial charge is 0.481 e. The first-order valence-electron chi connectivity index (χ1n) is 7.54. The SMILES string of the molecule is Cc1cccc(OC(C)C(=O)Nc2nc3ccc(Cl)cc3s2)c1C. The molecule has 0 saturated carbocycles. The van der Waals surface area contributed by atoms with Gasteiger partial charge in [-0.2, -0.15) is 0 Å². The third-order valence-electron chi connectivity index (χ3n) is 3.81. The number of ether oxygens (including phenoxy) is 1. The second-order valence-electron chi connectivity index (χ2n) is 5.58. The molecule has 24 heavy (non-hydrogen) atoms. The van der Waals surface area contributed by atoms with Gasteiger partial charge in [0.1, 0.15) is 5.75 Å². The van der Waals surface area contributed by atoms with E-state index in [0.717, 1.165) is 21.3 Å². The number of halogens is 1. The zero-order chi connectivity index (χ0) is 17.3. The molecule has 1 N–H and O–H groups in total. The van der Waals surface area contributed by atoms with Gasteiger partial charge >= 0.3 is 0 Å². The smallest absolute Gasteiger partial charge is 0.266 e. The topological polar surface area (TPSA) is 51.2 Å². The lowest BCUT2D eigenvalue weighted by atomic mass is 10.1. The van der Waals surface area contributed by atoms with Crippen LogP contribution in [0.4, 0.5) is 5.13 Å². The zero-order valence-electron chi connectivity index (χ0n) is 13.6. The van der Waals surface area contributed by atoms with Crippen molar-refractivity contribution in [3.05, 3.63) is 52.5 Å². The zero-order valence-corrected chi connectivity index (χ0v) is 15.2. The van der Waals surface area contributed by atoms with Gasteiger partial charge < -0.3 is 4.74 Å². The molecule has 0 bridgehead atoms. The van der Waals surface area contributed by atoms with E-state index in [2.05, 4.69) is 10.3 Å². The van der Waals surface area contributed by atoms with Gasteiger partial charge in [0.05, 0.1) is 10.2 Å². The molecule has 0 spiro atoms. The van der Waals surface area contributed by atoms with Gasteiger partial charge in [-0.15, -0.1) is 0 Å². The lowest BCUT2D eigenvalue weighted by Crippen LogP contribution is -2.30. The van der Waals surface area contributed by atoms with Crippen molar-refractivity contribution in [3.63, 3.8) is 0 Å². The number of hydrogen-bond donors (Lipinski definition) is 1. The van der Waals surface area contributed by atoms with E-state index in [0.29, 0.717) is 15.9 Å². The minimum atomic E-state index is -0.624. The molecule has 1 unspecified atom stereocenters. The number of nitrogens with zero attached hydrogens (tertiary/aromatic N) is 1. The molecule has 0 radical (unpaired) electrons. The predicted molar refractivity (Wildman–Crippen MR) is 99.3 cm³/mol. The van der Waals surface area contributed by atoms with Gasteiger partial charge in [0.25, 0.3) is 5.91 Å². The molecule has 3 aromatic rings. The van der Waals surface area contributed by atoms with Gasteiger partial charge in [0.2, 0.25) is 0 Å². The van der Waals surface area contributed by atoms with E-state index in [-0.39, 0.29) is 5.91 Å². The molecule has 0 fully saturated rings. The maximum Gasteiger partial charge on any atom is 0.266 e. The molecule has 0 aliphatic rings. The van der Waals surface area contributed by atoms with Crippen LogP contribution in [0.25, 0.3) is 10.2 Å². The number of aryl methyl sites for hydroxylation is 1. The molecule has 1 aromatic heterocycles. The van der Waals surface area contributed by atoms with Gasteiger partial charge in [0.15, 0.2) is 11.2 Å². The third kappa shape index (κ3) is 3.52. The van der Waals surface area contributed by atoms with Crippen molar-refractivity contribution in [2.45, 2.75) is 26.9 Å². The molecular weight excluding hydrogens is 344 g/mol. The highest BCUT2D eigenvalue weighted by molar-refractivity contribution is 7.22. The van der Waals surface area contributed by atoms with E-state index in [4.69, 9.17) is 16.3 Å². The summed E-state index contributed by atoms with van der Waals surface area (Å²) < 4.78 is 6.73. The number of amides is 1. The minimum absolute atomic E-state index is 0.235. The molecule has 124 valence electrons. The standard InChI is InChI=1S/C18H17ClN2O2S/c1-10-5-4-6-15(11(10)2)23-12(3)17(22)21-18-20-14-8-7-13(19)9-16(14)24-18/h4-9,12H,1-3H3,(H,20,21,22). The Morgan fingerprint density at radius 2 is 2.08 bits per heavy atom. The molecule has 0 saturated heterocycles. The van der Waals surface area contributed by atoms with Crippen LogP contribution in [0.2, 0.25) is 5.02 Å². The molecule has 3 rings (SSSR count). The molecular formula is C18H17ClN2O2S. The number of hydrogen-bond acceptors (Lipinski definition) is 4. The number of fused-ring (bicyclic) bond motifs is 1. The van der Waals surface area contributed by atoms with Gasteiger partial charge in [-0.3, -0.25) is 10.1 Å². The summed E-state index contributed by atoms with van der Waals surface area (Å²) >= 11 is 7.36. The average Bonchev–Trinajstić information content (AvgIpc) is 2.93. The van der Waals surface area contributed by atoms with E-state index in [1.807, 2.05) is 44.2 Å². The Kier molecular flexibility index (Phi) is 4.73. The van der Waals surface area contributed by atoms with E-state index in [1.165, 1.54) is 11.3 Å². The normalized spacial score (nSPS) is 12.2. The number of benzene rings is 2. The van der Waals surface area contributed by atoms with Crippen LogP contribution < -0.4 is 10.1 Å². The van der Waals surface area contributed by atoms with Crippen molar-refractivity contribution >= 4 is 44.2 Å². The maximum atomic E-state index is 12.4. The van der Waals surface area contributed by atoms with Crippen molar-refractivity contribution < 1.29 is 9.53 Å². The predicted octanol–water partition coefficient (Wildman–Crippen LogP) is 4.97. The Morgan fingerprint density at radius 1 is 1.29 bits per heavy atom. The van der Waals surface area contributed by atoms with Crippen molar-refractivity contribution in [2.75, 3.05) is 5.32 Å². The number of carbonyl (C=O) groups excluding carboxylic acids is 1. The Labute approximate surface area is 149 Å². The summed E-state index contributed by atoms with van der Waals surface area (Å²) in [6.45, 7) is 5.72. The highest BCUT2D eigenvalue weighted by Crippen LogP contribution is 2.28. The number of aromatic nitrogens is 1. The number of carbonyl (C=O) groups is 1. The summed E-state index contributed by atoms with van der Waals surface area (Å²) in [6, 6.07) is 11.2. The molecule has 1 amide bonds. The van der Waals surface area contributed by atoms with E-state index in [1.54, 1.807) is 13.0 Å². The fourth-order valence-electron chi connectivity index (χ4n) is 2.25. The van der Waals surface area contributed by atoms with Crippen LogP contribution in [0.3, 0.4) is 0 Å². The third-order valence-corrected chi connectivity index (χ3v) is 4.98. The Balaban J connectivity index is 1.72. The molecule has 6 heteroatoms. The van der Waals surface area contributed by atoms with Crippen LogP contribution in [-0.4, -0.2) is 17.0 Å². The van der Waals surface area contributed by atoms with Gasteiger partial charge in [-0.1, -0.05) is 35.1 Å². The van der Waals surface area contributed by atoms with Crippen LogP contribution >= 0.6 is 22.9 Å². The van der Waals surface area contributed by atoms with Crippen molar-refractivity contribution in [3.8, 4) is 5.75 Å². The van der Waals surface area contributed by atoms with Crippen molar-refractivity contribution in [2.24, 2.45) is 0 Å². The van der Waals surface area contributed by atoms with Crippen LogP contribution in [0.15, 0.2) is 36.4 Å². The molecule has 0 aliphatic carbocycles. The first kappa shape index (κ1) is 16.7. The van der Waals surface area contributed by atoms with Crippen molar-refractivity contribution in [1.29, 1.82) is 0 Å². The highest BCUT2D eigenvalue weighted by Gasteiger charge is 2.18. The first-order valence-corrected chi connectivity index (χ1v) is 8.73. The summed E-state index contributed by atoms with van der Waals surface area (Å²) in [5, 5.41) is 3.99. The van der Waals surface area contributed by atoms with Gasteiger partial charge in [-0.05, 0) is 56.2 Å². The average molecular weight is 361 g/mol. The number of anilines is 1. The molecule has 1 heterocycles. The molecule has 0 aliphatic heterocycles. The number of nitrogens with one attached hydrogen (secondary N) is 1. The summed E-state index contributed by atoms with van der Waals surface area (Å²) in [5.74, 6) is 0.481. The number of thiazole rings is 1. The number of rotatable bonds is 4. The second kappa shape index (κ2) is 6.79. The van der Waals surface area contributed by atoms with Crippen LogP contribution in [0.5, 0.6) is 5.75 Å². The lowest BCUT2D eigenvalue weighted by molar-refractivity contribution is -0.122. The van der Waals surface area contributed by atoms with E-state index >= 15 is 0 Å². The first-order chi connectivity index (χ1) is 11.4. The Hall–Kier alpha value is -2.11. The monoisotopic (exact) mass is 360 g/mol. The van der Waals surface area contributed by atoms with Gasteiger partial charge in [-0.25, -0.2) is 4.98 Å². The van der Waals surface area contributed by atoms with E-state index in [9.17, 15) is 4.79 Å². The Morgan fingerprint density at radius 3 is 2.88 bits per heavy atom.